The summed E-state index contributed by atoms with van der Waals surface area (Å²) in [4.78, 5) is 18.2. The number of aromatic amines is 1. The summed E-state index contributed by atoms with van der Waals surface area (Å²) in [6.45, 7) is 3.62. The minimum Gasteiger partial charge on any atom is -0.396 e. The first-order valence-corrected chi connectivity index (χ1v) is 6.56. The predicted octanol–water partition coefficient (Wildman–Crippen LogP) is 0.602. The van der Waals surface area contributed by atoms with Gasteiger partial charge in [0.1, 0.15) is 5.82 Å². The zero-order valence-electron chi connectivity index (χ0n) is 10.7. The summed E-state index contributed by atoms with van der Waals surface area (Å²) in [6, 6.07) is 0. The summed E-state index contributed by atoms with van der Waals surface area (Å²) in [7, 11) is 0. The molecule has 1 aromatic rings. The Morgan fingerprint density at radius 2 is 2.44 bits per heavy atom. The van der Waals surface area contributed by atoms with Gasteiger partial charge in [-0.05, 0) is 25.2 Å². The molecule has 0 radical (unpaired) electrons. The van der Waals surface area contributed by atoms with Crippen LogP contribution in [0.1, 0.15) is 42.6 Å². The average Bonchev–Trinajstić information content (AvgIpc) is 2.87. The van der Waals surface area contributed by atoms with E-state index in [2.05, 4.69) is 15.2 Å². The van der Waals surface area contributed by atoms with E-state index in [1.54, 1.807) is 4.90 Å². The second kappa shape index (κ2) is 5.95. The Balaban J connectivity index is 1.99. The zero-order valence-corrected chi connectivity index (χ0v) is 10.7. The highest BCUT2D eigenvalue weighted by atomic mass is 16.3. The highest BCUT2D eigenvalue weighted by Gasteiger charge is 2.26. The maximum absolute atomic E-state index is 12.2. The van der Waals surface area contributed by atoms with Gasteiger partial charge in [-0.3, -0.25) is 9.89 Å². The van der Waals surface area contributed by atoms with E-state index >= 15 is 0 Å². The van der Waals surface area contributed by atoms with Gasteiger partial charge in [0.05, 0.1) is 0 Å². The molecule has 0 bridgehead atoms. The van der Waals surface area contributed by atoms with Gasteiger partial charge in [-0.25, -0.2) is 4.98 Å². The van der Waals surface area contributed by atoms with Crippen molar-refractivity contribution in [2.75, 3.05) is 19.7 Å². The molecule has 1 saturated heterocycles. The minimum atomic E-state index is -0.103. The number of rotatable bonds is 4. The third-order valence-electron chi connectivity index (χ3n) is 3.40. The molecule has 1 atom stereocenters. The second-order valence-electron chi connectivity index (χ2n) is 4.73. The van der Waals surface area contributed by atoms with Gasteiger partial charge in [0.15, 0.2) is 0 Å². The smallest absolute Gasteiger partial charge is 0.293 e. The number of aliphatic hydroxyl groups is 1. The number of aliphatic hydroxyl groups excluding tert-OH is 1. The number of nitrogens with one attached hydrogen (secondary N) is 1. The molecule has 0 aromatic carbocycles. The monoisotopic (exact) mass is 252 g/mol. The van der Waals surface area contributed by atoms with Crippen LogP contribution in [0, 0.1) is 5.92 Å². The first-order chi connectivity index (χ1) is 8.74. The van der Waals surface area contributed by atoms with Gasteiger partial charge in [0.25, 0.3) is 5.91 Å². The lowest BCUT2D eigenvalue weighted by Crippen LogP contribution is -2.40. The first kappa shape index (κ1) is 13.0. The molecule has 2 N–H and O–H groups in total. The number of likely N-dealkylation sites (tertiary alicyclic amines) is 1. The Hall–Kier alpha value is -1.43. The van der Waals surface area contributed by atoms with E-state index < -0.39 is 0 Å². The highest BCUT2D eigenvalue weighted by molar-refractivity contribution is 5.90. The molecule has 1 fully saturated rings. The maximum atomic E-state index is 12.2. The Kier molecular flexibility index (Phi) is 4.30. The third-order valence-corrected chi connectivity index (χ3v) is 3.40. The third kappa shape index (κ3) is 2.87. The average molecular weight is 252 g/mol. The standard InChI is InChI=1S/C12H20N4O2/c1-2-10-13-11(15-14-10)12(18)16-6-3-4-9(8-16)5-7-17/h9,17H,2-8H2,1H3,(H,13,14,15). The van der Waals surface area contributed by atoms with Crippen molar-refractivity contribution < 1.29 is 9.90 Å². The predicted molar refractivity (Wildman–Crippen MR) is 66.1 cm³/mol. The van der Waals surface area contributed by atoms with Crippen molar-refractivity contribution in [1.82, 2.24) is 20.1 Å². The lowest BCUT2D eigenvalue weighted by atomic mass is 9.95. The van der Waals surface area contributed by atoms with Gasteiger partial charge in [-0.15, -0.1) is 5.10 Å². The van der Waals surface area contributed by atoms with Gasteiger partial charge >= 0.3 is 0 Å². The number of nitrogens with zero attached hydrogens (tertiary/aromatic N) is 3. The summed E-state index contributed by atoms with van der Waals surface area (Å²) in [5, 5.41) is 15.7. The summed E-state index contributed by atoms with van der Waals surface area (Å²) >= 11 is 0. The topological polar surface area (TPSA) is 82.1 Å². The van der Waals surface area contributed by atoms with Crippen LogP contribution in [-0.4, -0.2) is 50.8 Å². The number of hydrogen-bond donors (Lipinski definition) is 2. The molecule has 0 saturated carbocycles. The maximum Gasteiger partial charge on any atom is 0.293 e. The van der Waals surface area contributed by atoms with E-state index in [4.69, 9.17) is 5.11 Å². The van der Waals surface area contributed by atoms with Crippen LogP contribution in [0.3, 0.4) is 0 Å². The fourth-order valence-corrected chi connectivity index (χ4v) is 2.36. The van der Waals surface area contributed by atoms with Gasteiger partial charge in [0, 0.05) is 26.1 Å². The number of H-pyrrole nitrogens is 1. The van der Waals surface area contributed by atoms with Crippen LogP contribution in [-0.2, 0) is 6.42 Å². The molecule has 0 aliphatic carbocycles. The Bertz CT molecular complexity index is 403. The number of hydrogen-bond acceptors (Lipinski definition) is 4. The van der Waals surface area contributed by atoms with Gasteiger partial charge in [-0.2, -0.15) is 0 Å². The summed E-state index contributed by atoms with van der Waals surface area (Å²) < 4.78 is 0. The molecule has 1 amide bonds. The molecule has 0 spiro atoms. The highest BCUT2D eigenvalue weighted by Crippen LogP contribution is 2.20. The Labute approximate surface area is 106 Å². The molecule has 6 nitrogen and oxygen atoms in total. The molecule has 1 aliphatic heterocycles. The lowest BCUT2D eigenvalue weighted by Gasteiger charge is -2.31. The van der Waals surface area contributed by atoms with Crippen molar-refractivity contribution in [3.63, 3.8) is 0 Å². The molecule has 2 heterocycles. The van der Waals surface area contributed by atoms with Crippen LogP contribution >= 0.6 is 0 Å². The molecule has 1 aliphatic rings. The van der Waals surface area contributed by atoms with Crippen molar-refractivity contribution in [2.45, 2.75) is 32.6 Å². The second-order valence-corrected chi connectivity index (χ2v) is 4.73. The van der Waals surface area contributed by atoms with E-state index in [1.807, 2.05) is 6.92 Å². The van der Waals surface area contributed by atoms with Crippen molar-refractivity contribution >= 4 is 5.91 Å². The van der Waals surface area contributed by atoms with E-state index in [0.717, 1.165) is 38.1 Å². The Morgan fingerprint density at radius 3 is 3.11 bits per heavy atom. The quantitative estimate of drug-likeness (QED) is 0.822. The molecular formula is C12H20N4O2. The summed E-state index contributed by atoms with van der Waals surface area (Å²) in [6.07, 6.45) is 3.57. The number of aromatic nitrogens is 3. The zero-order chi connectivity index (χ0) is 13.0. The van der Waals surface area contributed by atoms with Crippen LogP contribution in [0.25, 0.3) is 0 Å². The number of amides is 1. The number of aryl methyl sites for hydroxylation is 1. The fourth-order valence-electron chi connectivity index (χ4n) is 2.36. The van der Waals surface area contributed by atoms with Crippen LogP contribution < -0.4 is 0 Å². The number of carbonyl (C=O) groups excluding carboxylic acids is 1. The van der Waals surface area contributed by atoms with Crippen LogP contribution in [0.2, 0.25) is 0 Å². The molecule has 1 unspecified atom stereocenters. The number of carbonyl (C=O) groups is 1. The van der Waals surface area contributed by atoms with Gasteiger partial charge in [-0.1, -0.05) is 6.92 Å². The van der Waals surface area contributed by atoms with Gasteiger partial charge < -0.3 is 10.0 Å². The molecule has 2 rings (SSSR count). The molecule has 18 heavy (non-hydrogen) atoms. The van der Waals surface area contributed by atoms with Crippen molar-refractivity contribution in [1.29, 1.82) is 0 Å². The van der Waals surface area contributed by atoms with Crippen molar-refractivity contribution in [3.05, 3.63) is 11.6 Å². The first-order valence-electron chi connectivity index (χ1n) is 6.56. The Morgan fingerprint density at radius 1 is 1.61 bits per heavy atom. The molecule has 6 heteroatoms. The SMILES string of the molecule is CCc1nc(C(=O)N2CCCC(CCO)C2)n[nH]1. The molecular weight excluding hydrogens is 232 g/mol. The minimum absolute atomic E-state index is 0.103. The molecule has 1 aromatic heterocycles. The van der Waals surface area contributed by atoms with E-state index in [-0.39, 0.29) is 18.3 Å². The van der Waals surface area contributed by atoms with Crippen LogP contribution in [0.5, 0.6) is 0 Å². The summed E-state index contributed by atoms with van der Waals surface area (Å²) in [5.74, 6) is 1.30. The van der Waals surface area contributed by atoms with Crippen LogP contribution in [0.4, 0.5) is 0 Å². The van der Waals surface area contributed by atoms with Crippen molar-refractivity contribution in [3.8, 4) is 0 Å². The van der Waals surface area contributed by atoms with Crippen molar-refractivity contribution in [2.24, 2.45) is 5.92 Å². The fraction of sp³-hybridized carbons (Fsp3) is 0.750. The number of piperidine rings is 1. The van der Waals surface area contributed by atoms with Gasteiger partial charge in [0.2, 0.25) is 5.82 Å². The van der Waals surface area contributed by atoms with E-state index in [0.29, 0.717) is 12.5 Å². The largest absolute Gasteiger partial charge is 0.396 e. The van der Waals surface area contributed by atoms with Crippen LogP contribution in [0.15, 0.2) is 0 Å². The normalized spacial score (nSPS) is 20.1. The lowest BCUT2D eigenvalue weighted by molar-refractivity contribution is 0.0642. The van der Waals surface area contributed by atoms with E-state index in [9.17, 15) is 4.79 Å². The molecule has 100 valence electrons. The summed E-state index contributed by atoms with van der Waals surface area (Å²) in [5.41, 5.74) is 0. The van der Waals surface area contributed by atoms with E-state index in [1.165, 1.54) is 0 Å².